The molecule has 1 heterocycles. The van der Waals surface area contributed by atoms with E-state index in [0.29, 0.717) is 6.54 Å². The van der Waals surface area contributed by atoms with Gasteiger partial charge in [0.15, 0.2) is 0 Å². The third-order valence-corrected chi connectivity index (χ3v) is 5.51. The van der Waals surface area contributed by atoms with Crippen LogP contribution < -0.4 is 4.74 Å². The summed E-state index contributed by atoms with van der Waals surface area (Å²) in [5.41, 5.74) is 3.59. The first-order valence-corrected chi connectivity index (χ1v) is 9.19. The number of hydrogen-bond donors (Lipinski definition) is 0. The summed E-state index contributed by atoms with van der Waals surface area (Å²) in [5.74, 6) is 1.00. The predicted octanol–water partition coefficient (Wildman–Crippen LogP) is 4.16. The van der Waals surface area contributed by atoms with E-state index in [9.17, 15) is 4.79 Å². The second-order valence-electron chi connectivity index (χ2n) is 6.80. The highest BCUT2D eigenvalue weighted by atomic mass is 79.9. The van der Waals surface area contributed by atoms with Gasteiger partial charge in [-0.25, -0.2) is 0 Å². The van der Waals surface area contributed by atoms with Gasteiger partial charge in [-0.1, -0.05) is 28.1 Å². The molecule has 1 aromatic heterocycles. The summed E-state index contributed by atoms with van der Waals surface area (Å²) in [4.78, 5) is 19.4. The van der Waals surface area contributed by atoms with Crippen molar-refractivity contribution in [2.24, 2.45) is 0 Å². The molecule has 0 aliphatic heterocycles. The van der Waals surface area contributed by atoms with Gasteiger partial charge in [0.05, 0.1) is 24.8 Å². The number of benzene rings is 1. The first-order chi connectivity index (χ1) is 11.9. The second kappa shape index (κ2) is 6.79. The highest BCUT2D eigenvalue weighted by Gasteiger charge is 2.52. The monoisotopic (exact) mass is 402 g/mol. The second-order valence-corrected chi connectivity index (χ2v) is 7.72. The number of rotatable bonds is 5. The minimum absolute atomic E-state index is 0.159. The summed E-state index contributed by atoms with van der Waals surface area (Å²) in [5, 5.41) is 0. The van der Waals surface area contributed by atoms with Crippen LogP contribution in [0.1, 0.15) is 35.2 Å². The van der Waals surface area contributed by atoms with E-state index in [1.165, 1.54) is 0 Å². The molecule has 0 saturated heterocycles. The molecule has 2 aromatic rings. The Morgan fingerprint density at radius 1 is 1.36 bits per heavy atom. The van der Waals surface area contributed by atoms with E-state index < -0.39 is 0 Å². The predicted molar refractivity (Wildman–Crippen MR) is 102 cm³/mol. The number of pyridine rings is 1. The number of carbonyl (C=O) groups is 1. The highest BCUT2D eigenvalue weighted by Crippen LogP contribution is 2.50. The molecule has 0 radical (unpaired) electrons. The molecule has 4 nitrogen and oxygen atoms in total. The summed E-state index contributed by atoms with van der Waals surface area (Å²) in [6.45, 7) is 4.45. The van der Waals surface area contributed by atoms with Crippen molar-refractivity contribution in [2.45, 2.75) is 38.6 Å². The molecule has 25 heavy (non-hydrogen) atoms. The molecule has 0 unspecified atom stereocenters. The Balaban J connectivity index is 1.82. The van der Waals surface area contributed by atoms with Gasteiger partial charge in [-0.05, 0) is 44.4 Å². The molecule has 0 N–H and O–H groups in total. The molecule has 1 saturated carbocycles. The Kier molecular flexibility index (Phi) is 4.87. The molecule has 1 aliphatic carbocycles. The van der Waals surface area contributed by atoms with Gasteiger partial charge in [0.25, 0.3) is 0 Å². The third kappa shape index (κ3) is 3.30. The van der Waals surface area contributed by atoms with Crippen LogP contribution in [0.3, 0.4) is 0 Å². The van der Waals surface area contributed by atoms with E-state index >= 15 is 0 Å². The Morgan fingerprint density at radius 3 is 2.68 bits per heavy atom. The van der Waals surface area contributed by atoms with Crippen LogP contribution in [0.25, 0.3) is 0 Å². The van der Waals surface area contributed by atoms with Crippen LogP contribution in [0, 0.1) is 13.8 Å². The van der Waals surface area contributed by atoms with Gasteiger partial charge in [-0.3, -0.25) is 9.78 Å². The highest BCUT2D eigenvalue weighted by molar-refractivity contribution is 9.10. The smallest absolute Gasteiger partial charge is 0.233 e. The molecule has 3 rings (SSSR count). The van der Waals surface area contributed by atoms with Gasteiger partial charge < -0.3 is 9.64 Å². The van der Waals surface area contributed by atoms with Crippen molar-refractivity contribution >= 4 is 21.8 Å². The topological polar surface area (TPSA) is 42.4 Å². The van der Waals surface area contributed by atoms with E-state index in [4.69, 9.17) is 4.74 Å². The quantitative estimate of drug-likeness (QED) is 0.753. The Bertz CT molecular complexity index is 815. The molecule has 1 aromatic carbocycles. The van der Waals surface area contributed by atoms with Crippen LogP contribution in [0.4, 0.5) is 0 Å². The minimum atomic E-state index is -0.374. The van der Waals surface area contributed by atoms with E-state index in [-0.39, 0.29) is 11.3 Å². The fourth-order valence-corrected chi connectivity index (χ4v) is 3.83. The van der Waals surface area contributed by atoms with Gasteiger partial charge in [0, 0.05) is 28.8 Å². The Hall–Kier alpha value is -1.88. The standard InChI is InChI=1S/C20H23BrN2O2/c1-13-11-22-17(14(2)18(13)25-4)12-23(3)19(24)20(8-9-20)15-6-5-7-16(21)10-15/h5-7,10-11H,8-9,12H2,1-4H3. The first-order valence-electron chi connectivity index (χ1n) is 8.40. The van der Waals surface area contributed by atoms with Gasteiger partial charge in [0.2, 0.25) is 5.91 Å². The van der Waals surface area contributed by atoms with E-state index in [0.717, 1.165) is 45.4 Å². The normalized spacial score (nSPS) is 14.9. The van der Waals surface area contributed by atoms with Gasteiger partial charge in [0.1, 0.15) is 5.75 Å². The van der Waals surface area contributed by atoms with Crippen LogP contribution in [-0.2, 0) is 16.8 Å². The zero-order valence-corrected chi connectivity index (χ0v) is 16.7. The number of aryl methyl sites for hydroxylation is 1. The fourth-order valence-electron chi connectivity index (χ4n) is 3.43. The average Bonchev–Trinajstić information content (AvgIpc) is 3.39. The van der Waals surface area contributed by atoms with E-state index in [1.807, 2.05) is 39.1 Å². The van der Waals surface area contributed by atoms with E-state index in [2.05, 4.69) is 27.0 Å². The maximum absolute atomic E-state index is 13.1. The molecule has 1 fully saturated rings. The number of likely N-dealkylation sites (N-methyl/N-ethyl adjacent to an activating group) is 1. The Labute approximate surface area is 157 Å². The van der Waals surface area contributed by atoms with Crippen molar-refractivity contribution in [2.75, 3.05) is 14.2 Å². The van der Waals surface area contributed by atoms with Gasteiger partial charge in [-0.15, -0.1) is 0 Å². The van der Waals surface area contributed by atoms with Crippen molar-refractivity contribution in [3.63, 3.8) is 0 Å². The number of hydrogen-bond acceptors (Lipinski definition) is 3. The Morgan fingerprint density at radius 2 is 2.08 bits per heavy atom. The number of methoxy groups -OCH3 is 1. The largest absolute Gasteiger partial charge is 0.496 e. The third-order valence-electron chi connectivity index (χ3n) is 5.02. The lowest BCUT2D eigenvalue weighted by atomic mass is 9.94. The van der Waals surface area contributed by atoms with Gasteiger partial charge >= 0.3 is 0 Å². The number of nitrogens with zero attached hydrogens (tertiary/aromatic N) is 2. The zero-order valence-electron chi connectivity index (χ0n) is 15.1. The minimum Gasteiger partial charge on any atom is -0.496 e. The molecular formula is C20H23BrN2O2. The zero-order chi connectivity index (χ0) is 18.2. The van der Waals surface area contributed by atoms with Crippen LogP contribution in [-0.4, -0.2) is 29.9 Å². The lowest BCUT2D eigenvalue weighted by molar-refractivity contribution is -0.133. The molecule has 0 bridgehead atoms. The maximum atomic E-state index is 13.1. The van der Waals surface area contributed by atoms with Crippen molar-refractivity contribution in [3.05, 3.63) is 57.3 Å². The van der Waals surface area contributed by atoms with Crippen LogP contribution in [0.5, 0.6) is 5.75 Å². The number of halogens is 1. The average molecular weight is 403 g/mol. The lowest BCUT2D eigenvalue weighted by Crippen LogP contribution is -2.36. The van der Waals surface area contributed by atoms with Gasteiger partial charge in [-0.2, -0.15) is 0 Å². The summed E-state index contributed by atoms with van der Waals surface area (Å²) in [7, 11) is 3.52. The maximum Gasteiger partial charge on any atom is 0.233 e. The summed E-state index contributed by atoms with van der Waals surface area (Å²) < 4.78 is 6.48. The SMILES string of the molecule is COc1c(C)cnc(CN(C)C(=O)C2(c3cccc(Br)c3)CC2)c1C. The van der Waals surface area contributed by atoms with Crippen molar-refractivity contribution in [1.29, 1.82) is 0 Å². The number of ether oxygens (including phenoxy) is 1. The number of amides is 1. The molecule has 132 valence electrons. The molecule has 5 heteroatoms. The summed E-state index contributed by atoms with van der Waals surface area (Å²) in [6.07, 6.45) is 3.60. The van der Waals surface area contributed by atoms with Crippen LogP contribution >= 0.6 is 15.9 Å². The first kappa shape index (κ1) is 17.9. The number of aromatic nitrogens is 1. The van der Waals surface area contributed by atoms with Crippen molar-refractivity contribution < 1.29 is 9.53 Å². The van der Waals surface area contributed by atoms with Crippen LogP contribution in [0.15, 0.2) is 34.9 Å². The molecule has 1 amide bonds. The molecule has 0 spiro atoms. The summed E-state index contributed by atoms with van der Waals surface area (Å²) in [6, 6.07) is 8.07. The molecule has 1 aliphatic rings. The van der Waals surface area contributed by atoms with Crippen LogP contribution in [0.2, 0.25) is 0 Å². The van der Waals surface area contributed by atoms with E-state index in [1.54, 1.807) is 18.2 Å². The van der Waals surface area contributed by atoms with Crippen molar-refractivity contribution in [3.8, 4) is 5.75 Å². The lowest BCUT2D eigenvalue weighted by Gasteiger charge is -2.25. The number of carbonyl (C=O) groups excluding carboxylic acids is 1. The summed E-state index contributed by atoms with van der Waals surface area (Å²) >= 11 is 3.51. The molecular weight excluding hydrogens is 380 g/mol. The fraction of sp³-hybridized carbons (Fsp3) is 0.400. The molecule has 0 atom stereocenters. The van der Waals surface area contributed by atoms with Crippen molar-refractivity contribution in [1.82, 2.24) is 9.88 Å².